The van der Waals surface area contributed by atoms with Crippen molar-refractivity contribution in [2.24, 2.45) is 0 Å². The van der Waals surface area contributed by atoms with E-state index in [0.29, 0.717) is 29.8 Å². The number of amides is 1. The van der Waals surface area contributed by atoms with Gasteiger partial charge in [0.05, 0.1) is 12.4 Å². The molecule has 0 bridgehead atoms. The lowest BCUT2D eigenvalue weighted by molar-refractivity contribution is -0.139. The van der Waals surface area contributed by atoms with Crippen molar-refractivity contribution in [3.8, 4) is 5.75 Å². The van der Waals surface area contributed by atoms with Gasteiger partial charge >= 0.3 is 5.97 Å². The third-order valence-corrected chi connectivity index (χ3v) is 7.25. The number of aliphatic carboxylic acids is 1. The summed E-state index contributed by atoms with van der Waals surface area (Å²) in [4.78, 5) is 28.2. The Kier molecular flexibility index (Phi) is 9.73. The van der Waals surface area contributed by atoms with Crippen LogP contribution >= 0.6 is 0 Å². The number of nitrogens with zero attached hydrogens (tertiary/aromatic N) is 2. The topological polar surface area (TPSA) is 130 Å². The van der Waals surface area contributed by atoms with E-state index in [0.717, 1.165) is 48.4 Å². The number of carboxylic acids is 1. The fourth-order valence-electron chi connectivity index (χ4n) is 5.03. The van der Waals surface area contributed by atoms with Crippen LogP contribution in [0.5, 0.6) is 5.75 Å². The predicted molar refractivity (Wildman–Crippen MR) is 162 cm³/mol. The average Bonchev–Trinajstić information content (AvgIpc) is 2.96. The normalized spacial score (nSPS) is 13.4. The molecular weight excluding hydrogens is 518 g/mol. The molecule has 0 aliphatic carbocycles. The first-order valence-electron chi connectivity index (χ1n) is 13.7. The molecule has 41 heavy (non-hydrogen) atoms. The molecule has 1 aliphatic heterocycles. The average molecular weight is 556 g/mol. The van der Waals surface area contributed by atoms with Crippen molar-refractivity contribution in [1.82, 2.24) is 4.90 Å². The van der Waals surface area contributed by atoms with Crippen LogP contribution in [0.15, 0.2) is 72.8 Å². The number of hydrogen-bond donors (Lipinski definition) is 4. The number of amidine groups is 1. The number of nitrogens with one attached hydrogen (secondary N) is 3. The number of hydrogen-bond acceptors (Lipinski definition) is 6. The molecule has 9 nitrogen and oxygen atoms in total. The van der Waals surface area contributed by atoms with Gasteiger partial charge in [-0.2, -0.15) is 0 Å². The second-order valence-electron chi connectivity index (χ2n) is 10.4. The summed E-state index contributed by atoms with van der Waals surface area (Å²) >= 11 is 0. The fraction of sp³-hybridized carbons (Fsp3) is 0.312. The minimum atomic E-state index is -1.05. The Morgan fingerprint density at radius 2 is 1.71 bits per heavy atom. The Morgan fingerprint density at radius 3 is 2.37 bits per heavy atom. The van der Waals surface area contributed by atoms with Gasteiger partial charge in [0.1, 0.15) is 5.75 Å². The van der Waals surface area contributed by atoms with Crippen LogP contribution in [0, 0.1) is 10.8 Å². The van der Waals surface area contributed by atoms with Crippen LogP contribution < -0.4 is 15.0 Å². The van der Waals surface area contributed by atoms with E-state index in [1.165, 1.54) is 5.56 Å². The summed E-state index contributed by atoms with van der Waals surface area (Å²) in [7, 11) is 0. The van der Waals surface area contributed by atoms with Crippen molar-refractivity contribution in [1.29, 1.82) is 10.8 Å². The van der Waals surface area contributed by atoms with Crippen LogP contribution in [-0.4, -0.2) is 59.7 Å². The molecule has 1 amide bonds. The zero-order chi connectivity index (χ0) is 29.4. The molecular formula is C32H37N5O4. The molecule has 0 atom stereocenters. The highest BCUT2D eigenvalue weighted by atomic mass is 16.5. The van der Waals surface area contributed by atoms with Crippen molar-refractivity contribution in [3.05, 3.63) is 89.5 Å². The summed E-state index contributed by atoms with van der Waals surface area (Å²) in [5, 5.41) is 27.8. The minimum Gasteiger partial charge on any atom is -0.482 e. The largest absolute Gasteiger partial charge is 0.482 e. The van der Waals surface area contributed by atoms with Crippen molar-refractivity contribution < 1.29 is 19.4 Å². The van der Waals surface area contributed by atoms with Gasteiger partial charge in [-0.1, -0.05) is 36.4 Å². The van der Waals surface area contributed by atoms with E-state index < -0.39 is 12.6 Å². The van der Waals surface area contributed by atoms with Crippen molar-refractivity contribution in [2.45, 2.75) is 39.2 Å². The number of benzene rings is 3. The van der Waals surface area contributed by atoms with Crippen LogP contribution in [0.3, 0.4) is 0 Å². The first kappa shape index (κ1) is 29.3. The molecule has 0 unspecified atom stereocenters. The van der Waals surface area contributed by atoms with Gasteiger partial charge in [0.25, 0.3) is 0 Å². The van der Waals surface area contributed by atoms with Gasteiger partial charge in [-0.15, -0.1) is 0 Å². The molecule has 3 aromatic carbocycles. The Labute approximate surface area is 240 Å². The van der Waals surface area contributed by atoms with Crippen molar-refractivity contribution in [2.75, 3.05) is 36.5 Å². The zero-order valence-electron chi connectivity index (χ0n) is 23.5. The Balaban J connectivity index is 1.45. The van der Waals surface area contributed by atoms with Crippen LogP contribution in [0.25, 0.3) is 0 Å². The molecule has 1 heterocycles. The Bertz CT molecular complexity index is 1400. The lowest BCUT2D eigenvalue weighted by Crippen LogP contribution is -2.36. The van der Waals surface area contributed by atoms with E-state index in [9.17, 15) is 9.59 Å². The summed E-state index contributed by atoms with van der Waals surface area (Å²) in [6.45, 7) is 5.36. The number of carbonyl (C=O) groups excluding carboxylic acids is 1. The number of ether oxygens (including phenoxy) is 1. The highest BCUT2D eigenvalue weighted by Crippen LogP contribution is 2.29. The van der Waals surface area contributed by atoms with E-state index in [1.54, 1.807) is 25.1 Å². The van der Waals surface area contributed by atoms with E-state index in [-0.39, 0.29) is 12.5 Å². The standard InChI is InChI=1S/C32H37N5O4/c1-22(33)27-6-4-7-29(18-27)37(19-24-5-3-8-30(17-24)41-21-32(39)40)20-31(38)35-28-11-9-25(10-12-28)26-13-15-36(16-14-26)23(2)34/h3-12,17-18,26,33-34H,13-16,19-21H2,1-2H3,(H,35,38)(H,39,40). The Hall–Kier alpha value is -4.66. The van der Waals surface area contributed by atoms with Gasteiger partial charge in [0.2, 0.25) is 5.91 Å². The smallest absolute Gasteiger partial charge is 0.341 e. The first-order chi connectivity index (χ1) is 19.7. The van der Waals surface area contributed by atoms with E-state index in [2.05, 4.69) is 22.3 Å². The lowest BCUT2D eigenvalue weighted by Gasteiger charge is -2.33. The summed E-state index contributed by atoms with van der Waals surface area (Å²) in [6, 6.07) is 22.7. The predicted octanol–water partition coefficient (Wildman–Crippen LogP) is 5.36. The highest BCUT2D eigenvalue weighted by Gasteiger charge is 2.21. The third kappa shape index (κ3) is 8.41. The lowest BCUT2D eigenvalue weighted by atomic mass is 9.89. The quantitative estimate of drug-likeness (QED) is 0.186. The van der Waals surface area contributed by atoms with Crippen LogP contribution in [-0.2, 0) is 16.1 Å². The minimum absolute atomic E-state index is 0.0733. The van der Waals surface area contributed by atoms with Crippen molar-refractivity contribution >= 4 is 34.8 Å². The van der Waals surface area contributed by atoms with Crippen LogP contribution in [0.2, 0.25) is 0 Å². The van der Waals surface area contributed by atoms with E-state index in [1.807, 2.05) is 54.3 Å². The summed E-state index contributed by atoms with van der Waals surface area (Å²) in [5.41, 5.74) is 4.81. The zero-order valence-corrected chi connectivity index (χ0v) is 23.5. The molecule has 4 N–H and O–H groups in total. The third-order valence-electron chi connectivity index (χ3n) is 7.25. The van der Waals surface area contributed by atoms with Crippen LogP contribution in [0.1, 0.15) is 49.3 Å². The molecule has 1 saturated heterocycles. The SMILES string of the molecule is CC(=N)c1cccc(N(CC(=O)Nc2ccc(C3CCN(C(C)=N)CC3)cc2)Cc2cccc(OCC(=O)O)c2)c1. The van der Waals surface area contributed by atoms with E-state index >= 15 is 0 Å². The van der Waals surface area contributed by atoms with E-state index in [4.69, 9.17) is 20.7 Å². The summed E-state index contributed by atoms with van der Waals surface area (Å²) < 4.78 is 5.34. The molecule has 1 aliphatic rings. The maximum Gasteiger partial charge on any atom is 0.341 e. The number of carbonyl (C=O) groups is 2. The van der Waals surface area contributed by atoms with Gasteiger partial charge in [0.15, 0.2) is 6.61 Å². The highest BCUT2D eigenvalue weighted by molar-refractivity contribution is 5.97. The molecule has 3 aromatic rings. The maximum absolute atomic E-state index is 13.2. The van der Waals surface area contributed by atoms with Crippen molar-refractivity contribution in [3.63, 3.8) is 0 Å². The molecule has 4 rings (SSSR count). The van der Waals surface area contributed by atoms with Gasteiger partial charge in [-0.25, -0.2) is 4.79 Å². The summed E-state index contributed by atoms with van der Waals surface area (Å²) in [6.07, 6.45) is 2.02. The number of rotatable bonds is 11. The second-order valence-corrected chi connectivity index (χ2v) is 10.4. The van der Waals surface area contributed by atoms with Gasteiger partial charge in [-0.3, -0.25) is 10.2 Å². The first-order valence-corrected chi connectivity index (χ1v) is 13.7. The monoisotopic (exact) mass is 555 g/mol. The molecule has 9 heteroatoms. The number of likely N-dealkylation sites (tertiary alicyclic amines) is 1. The fourth-order valence-corrected chi connectivity index (χ4v) is 5.03. The molecule has 0 spiro atoms. The number of piperidine rings is 1. The second kappa shape index (κ2) is 13.6. The van der Waals surface area contributed by atoms with Gasteiger partial charge in [0, 0.05) is 36.7 Å². The molecule has 0 aromatic heterocycles. The number of anilines is 2. The van der Waals surface area contributed by atoms with Gasteiger partial charge in [-0.05, 0) is 85.7 Å². The Morgan fingerprint density at radius 1 is 1.00 bits per heavy atom. The molecule has 0 saturated carbocycles. The van der Waals surface area contributed by atoms with Gasteiger partial charge < -0.3 is 30.4 Å². The number of carboxylic acid groups (broad SMARTS) is 1. The summed E-state index contributed by atoms with van der Waals surface area (Å²) in [5.74, 6) is 0.281. The maximum atomic E-state index is 13.2. The molecule has 214 valence electrons. The molecule has 0 radical (unpaired) electrons. The molecule has 1 fully saturated rings. The van der Waals surface area contributed by atoms with Crippen LogP contribution in [0.4, 0.5) is 11.4 Å².